The number of amidine groups is 1. The number of benzene rings is 1. The molecular weight excluding hydrogens is 152 g/mol. The number of hydrogen-bond acceptors (Lipinski definition) is 2. The zero-order valence-corrected chi connectivity index (χ0v) is 7.12. The fourth-order valence-corrected chi connectivity index (χ4v) is 0.618. The summed E-state index contributed by atoms with van der Waals surface area (Å²) >= 11 is 0. The van der Waals surface area contributed by atoms with Crippen molar-refractivity contribution in [3.05, 3.63) is 35.9 Å². The molecule has 0 heterocycles. The Labute approximate surface area is 72.4 Å². The zero-order chi connectivity index (χ0) is 9.40. The topological polar surface area (TPSA) is 70.1 Å². The summed E-state index contributed by atoms with van der Waals surface area (Å²) in [6, 6.07) is 9.23. The average molecular weight is 166 g/mol. The molecule has 0 radical (unpaired) electrons. The summed E-state index contributed by atoms with van der Waals surface area (Å²) in [4.78, 5) is 0. The van der Waals surface area contributed by atoms with Gasteiger partial charge in [0, 0.05) is 12.2 Å². The van der Waals surface area contributed by atoms with Crippen LogP contribution in [0.4, 0.5) is 0 Å². The van der Waals surface area contributed by atoms with E-state index >= 15 is 0 Å². The number of hydrogen-bond donors (Lipinski definition) is 3. The molecular formula is C9H14N2O. The monoisotopic (exact) mass is 166 g/mol. The quantitative estimate of drug-likeness (QED) is 0.429. The molecule has 12 heavy (non-hydrogen) atoms. The van der Waals surface area contributed by atoms with Crippen molar-refractivity contribution in [3.63, 3.8) is 0 Å². The van der Waals surface area contributed by atoms with Gasteiger partial charge in [0.25, 0.3) is 0 Å². The summed E-state index contributed by atoms with van der Waals surface area (Å²) in [5.74, 6) is 0.121. The molecule has 0 aromatic heterocycles. The SMILES string of the molecule is CCO.N=C(N)c1ccccc1. The van der Waals surface area contributed by atoms with Crippen molar-refractivity contribution in [2.24, 2.45) is 5.73 Å². The highest BCUT2D eigenvalue weighted by Crippen LogP contribution is 1.94. The van der Waals surface area contributed by atoms with Crippen molar-refractivity contribution in [3.8, 4) is 0 Å². The number of nitrogens with two attached hydrogens (primary N) is 1. The first kappa shape index (κ1) is 10.7. The van der Waals surface area contributed by atoms with E-state index in [0.29, 0.717) is 0 Å². The normalized spacial score (nSPS) is 8.17. The van der Waals surface area contributed by atoms with Gasteiger partial charge in [0.15, 0.2) is 0 Å². The number of nitrogens with one attached hydrogen (secondary N) is 1. The van der Waals surface area contributed by atoms with Gasteiger partial charge in [-0.15, -0.1) is 0 Å². The lowest BCUT2D eigenvalue weighted by molar-refractivity contribution is 0.318. The molecule has 0 atom stereocenters. The van der Waals surface area contributed by atoms with Crippen LogP contribution in [0.1, 0.15) is 12.5 Å². The standard InChI is InChI=1S/C7H8N2.C2H6O/c8-7(9)6-4-2-1-3-5-6;1-2-3/h1-5H,(H3,8,9);3H,2H2,1H3. The third-order valence-electron chi connectivity index (χ3n) is 1.08. The van der Waals surface area contributed by atoms with Crippen molar-refractivity contribution in [1.29, 1.82) is 5.41 Å². The molecule has 0 saturated carbocycles. The Morgan fingerprint density at radius 1 is 1.42 bits per heavy atom. The molecule has 66 valence electrons. The van der Waals surface area contributed by atoms with E-state index in [4.69, 9.17) is 16.2 Å². The maximum absolute atomic E-state index is 7.57. The van der Waals surface area contributed by atoms with Crippen LogP contribution in [-0.2, 0) is 0 Å². The van der Waals surface area contributed by atoms with E-state index in [1.165, 1.54) is 0 Å². The van der Waals surface area contributed by atoms with Crippen molar-refractivity contribution < 1.29 is 5.11 Å². The number of nitrogen functional groups attached to an aromatic ring is 1. The van der Waals surface area contributed by atoms with Gasteiger partial charge in [0.1, 0.15) is 5.84 Å². The van der Waals surface area contributed by atoms with Gasteiger partial charge >= 0.3 is 0 Å². The highest BCUT2D eigenvalue weighted by Gasteiger charge is 1.89. The molecule has 0 spiro atoms. The van der Waals surface area contributed by atoms with Crippen LogP contribution in [0.2, 0.25) is 0 Å². The molecule has 1 aromatic carbocycles. The molecule has 0 saturated heterocycles. The predicted molar refractivity (Wildman–Crippen MR) is 50.2 cm³/mol. The molecule has 4 N–H and O–H groups in total. The van der Waals surface area contributed by atoms with Crippen LogP contribution < -0.4 is 5.73 Å². The molecule has 3 nitrogen and oxygen atoms in total. The molecule has 0 amide bonds. The van der Waals surface area contributed by atoms with E-state index in [1.807, 2.05) is 30.3 Å². The number of aliphatic hydroxyl groups is 1. The Morgan fingerprint density at radius 3 is 2.08 bits per heavy atom. The largest absolute Gasteiger partial charge is 0.397 e. The summed E-state index contributed by atoms with van der Waals surface area (Å²) in [5, 5.41) is 14.6. The summed E-state index contributed by atoms with van der Waals surface area (Å²) in [6.45, 7) is 1.93. The van der Waals surface area contributed by atoms with Gasteiger partial charge < -0.3 is 10.8 Å². The van der Waals surface area contributed by atoms with E-state index in [0.717, 1.165) is 5.56 Å². The Hall–Kier alpha value is -1.35. The van der Waals surface area contributed by atoms with Gasteiger partial charge in [0.05, 0.1) is 0 Å². The Kier molecular flexibility index (Phi) is 5.65. The molecule has 0 fully saturated rings. The fourth-order valence-electron chi connectivity index (χ4n) is 0.618. The van der Waals surface area contributed by atoms with Gasteiger partial charge in [-0.1, -0.05) is 30.3 Å². The lowest BCUT2D eigenvalue weighted by Crippen LogP contribution is -2.10. The van der Waals surface area contributed by atoms with Crippen LogP contribution in [0.5, 0.6) is 0 Å². The van der Waals surface area contributed by atoms with Crippen LogP contribution >= 0.6 is 0 Å². The van der Waals surface area contributed by atoms with Gasteiger partial charge in [0.2, 0.25) is 0 Å². The summed E-state index contributed by atoms with van der Waals surface area (Å²) in [6.07, 6.45) is 0. The van der Waals surface area contributed by atoms with Gasteiger partial charge in [-0.2, -0.15) is 0 Å². The summed E-state index contributed by atoms with van der Waals surface area (Å²) < 4.78 is 0. The molecule has 3 heteroatoms. The summed E-state index contributed by atoms with van der Waals surface area (Å²) in [5.41, 5.74) is 5.97. The first-order valence-electron chi connectivity index (χ1n) is 3.72. The lowest BCUT2D eigenvalue weighted by atomic mass is 10.2. The van der Waals surface area contributed by atoms with E-state index in [-0.39, 0.29) is 12.4 Å². The first-order chi connectivity index (χ1) is 5.72. The third kappa shape index (κ3) is 4.46. The molecule has 1 rings (SSSR count). The summed E-state index contributed by atoms with van der Waals surface area (Å²) in [7, 11) is 0. The van der Waals surface area contributed by atoms with Crippen molar-refractivity contribution in [1.82, 2.24) is 0 Å². The molecule has 0 bridgehead atoms. The Bertz CT molecular complexity index is 221. The first-order valence-corrected chi connectivity index (χ1v) is 3.72. The fraction of sp³-hybridized carbons (Fsp3) is 0.222. The van der Waals surface area contributed by atoms with Crippen molar-refractivity contribution in [2.45, 2.75) is 6.92 Å². The smallest absolute Gasteiger partial charge is 0.122 e. The number of aliphatic hydroxyl groups excluding tert-OH is 1. The highest BCUT2D eigenvalue weighted by atomic mass is 16.2. The Balaban J connectivity index is 0.000000354. The molecule has 0 unspecified atom stereocenters. The zero-order valence-electron chi connectivity index (χ0n) is 7.12. The molecule has 0 aliphatic rings. The van der Waals surface area contributed by atoms with Crippen LogP contribution in [0, 0.1) is 5.41 Å². The van der Waals surface area contributed by atoms with Gasteiger partial charge in [-0.05, 0) is 6.92 Å². The molecule has 0 aliphatic heterocycles. The van der Waals surface area contributed by atoms with E-state index in [9.17, 15) is 0 Å². The minimum absolute atomic E-state index is 0.121. The van der Waals surface area contributed by atoms with Crippen LogP contribution in [0.3, 0.4) is 0 Å². The second kappa shape index (κ2) is 6.37. The Morgan fingerprint density at radius 2 is 1.83 bits per heavy atom. The van der Waals surface area contributed by atoms with E-state index in [2.05, 4.69) is 0 Å². The minimum atomic E-state index is 0.121. The van der Waals surface area contributed by atoms with E-state index in [1.54, 1.807) is 6.92 Å². The second-order valence-corrected chi connectivity index (χ2v) is 2.10. The van der Waals surface area contributed by atoms with E-state index < -0.39 is 0 Å². The minimum Gasteiger partial charge on any atom is -0.397 e. The highest BCUT2D eigenvalue weighted by molar-refractivity contribution is 5.94. The van der Waals surface area contributed by atoms with Gasteiger partial charge in [-0.3, -0.25) is 5.41 Å². The molecule has 1 aromatic rings. The maximum Gasteiger partial charge on any atom is 0.122 e. The van der Waals surface area contributed by atoms with Crippen LogP contribution in [-0.4, -0.2) is 17.5 Å². The number of rotatable bonds is 1. The van der Waals surface area contributed by atoms with Crippen molar-refractivity contribution >= 4 is 5.84 Å². The van der Waals surface area contributed by atoms with Crippen LogP contribution in [0.25, 0.3) is 0 Å². The third-order valence-corrected chi connectivity index (χ3v) is 1.08. The average Bonchev–Trinajstić information content (AvgIpc) is 2.07. The molecule has 0 aliphatic carbocycles. The maximum atomic E-state index is 7.57. The van der Waals surface area contributed by atoms with Gasteiger partial charge in [-0.25, -0.2) is 0 Å². The second-order valence-electron chi connectivity index (χ2n) is 2.10. The van der Waals surface area contributed by atoms with Crippen LogP contribution in [0.15, 0.2) is 30.3 Å². The van der Waals surface area contributed by atoms with Crippen molar-refractivity contribution in [2.75, 3.05) is 6.61 Å². The lowest BCUT2D eigenvalue weighted by Gasteiger charge is -1.93. The predicted octanol–water partition coefficient (Wildman–Crippen LogP) is 0.969.